The summed E-state index contributed by atoms with van der Waals surface area (Å²) in [5.41, 5.74) is 8.38. The number of hydrogen-bond donors (Lipinski definition) is 1. The van der Waals surface area contributed by atoms with Crippen molar-refractivity contribution >= 4 is 5.82 Å². The smallest absolute Gasteiger partial charge is 0.128 e. The second-order valence-corrected chi connectivity index (χ2v) is 5.42. The zero-order chi connectivity index (χ0) is 13.8. The second kappa shape index (κ2) is 6.06. The maximum absolute atomic E-state index is 5.75. The van der Waals surface area contributed by atoms with Gasteiger partial charge in [0.2, 0.25) is 0 Å². The van der Waals surface area contributed by atoms with Crippen LogP contribution in [-0.2, 0) is 6.54 Å². The minimum absolute atomic E-state index is 0.581. The van der Waals surface area contributed by atoms with Gasteiger partial charge in [-0.25, -0.2) is 4.98 Å². The van der Waals surface area contributed by atoms with E-state index < -0.39 is 0 Å². The number of aromatic nitrogens is 1. The summed E-state index contributed by atoms with van der Waals surface area (Å²) in [4.78, 5) is 6.86. The molecule has 0 radical (unpaired) electrons. The van der Waals surface area contributed by atoms with Gasteiger partial charge in [-0.1, -0.05) is 30.3 Å². The van der Waals surface area contributed by atoms with E-state index in [-0.39, 0.29) is 0 Å². The summed E-state index contributed by atoms with van der Waals surface area (Å²) < 4.78 is 0. The van der Waals surface area contributed by atoms with E-state index in [1.165, 1.54) is 24.0 Å². The Labute approximate surface area is 120 Å². The van der Waals surface area contributed by atoms with E-state index in [0.29, 0.717) is 12.5 Å². The van der Waals surface area contributed by atoms with Crippen LogP contribution in [0, 0.1) is 0 Å². The monoisotopic (exact) mass is 267 g/mol. The second-order valence-electron chi connectivity index (χ2n) is 5.42. The lowest BCUT2D eigenvalue weighted by Crippen LogP contribution is -2.34. The molecule has 1 aliphatic rings. The van der Waals surface area contributed by atoms with E-state index in [0.717, 1.165) is 18.9 Å². The molecule has 0 amide bonds. The van der Waals surface area contributed by atoms with Crippen molar-refractivity contribution in [2.75, 3.05) is 18.0 Å². The third-order valence-corrected chi connectivity index (χ3v) is 4.05. The number of nitrogens with zero attached hydrogens (tertiary/aromatic N) is 2. The van der Waals surface area contributed by atoms with Crippen molar-refractivity contribution < 1.29 is 0 Å². The number of piperidine rings is 1. The Morgan fingerprint density at radius 3 is 2.95 bits per heavy atom. The van der Waals surface area contributed by atoms with Crippen LogP contribution in [0.4, 0.5) is 5.82 Å². The third-order valence-electron chi connectivity index (χ3n) is 4.05. The first-order valence-electron chi connectivity index (χ1n) is 7.31. The van der Waals surface area contributed by atoms with Crippen LogP contribution in [0.15, 0.2) is 48.7 Å². The molecule has 0 saturated carbocycles. The number of anilines is 1. The van der Waals surface area contributed by atoms with Crippen molar-refractivity contribution in [3.63, 3.8) is 0 Å². The third kappa shape index (κ3) is 2.83. The van der Waals surface area contributed by atoms with E-state index in [1.54, 1.807) is 0 Å². The Morgan fingerprint density at radius 2 is 2.15 bits per heavy atom. The van der Waals surface area contributed by atoms with Gasteiger partial charge in [-0.05, 0) is 36.1 Å². The van der Waals surface area contributed by atoms with Crippen molar-refractivity contribution in [2.24, 2.45) is 5.73 Å². The van der Waals surface area contributed by atoms with Gasteiger partial charge in [0.05, 0.1) is 0 Å². The van der Waals surface area contributed by atoms with E-state index >= 15 is 0 Å². The fraction of sp³-hybridized carbons (Fsp3) is 0.353. The average molecular weight is 267 g/mol. The van der Waals surface area contributed by atoms with Crippen molar-refractivity contribution in [2.45, 2.75) is 25.3 Å². The van der Waals surface area contributed by atoms with Gasteiger partial charge in [-0.15, -0.1) is 0 Å². The number of nitrogens with two attached hydrogens (primary N) is 1. The fourth-order valence-electron chi connectivity index (χ4n) is 2.97. The van der Waals surface area contributed by atoms with Crippen molar-refractivity contribution in [1.82, 2.24) is 4.98 Å². The molecule has 3 heteroatoms. The summed E-state index contributed by atoms with van der Waals surface area (Å²) in [5, 5.41) is 0. The Kier molecular flexibility index (Phi) is 3.97. The molecule has 1 aromatic heterocycles. The normalized spacial score (nSPS) is 19.1. The highest BCUT2D eigenvalue weighted by atomic mass is 15.2. The van der Waals surface area contributed by atoms with Gasteiger partial charge in [-0.3, -0.25) is 0 Å². The highest BCUT2D eigenvalue weighted by molar-refractivity contribution is 5.40. The van der Waals surface area contributed by atoms with Crippen LogP contribution < -0.4 is 10.6 Å². The van der Waals surface area contributed by atoms with Crippen LogP contribution in [0.25, 0.3) is 0 Å². The Morgan fingerprint density at radius 1 is 1.20 bits per heavy atom. The molecular weight excluding hydrogens is 246 g/mol. The lowest BCUT2D eigenvalue weighted by molar-refractivity contribution is 0.507. The minimum atomic E-state index is 0.581. The van der Waals surface area contributed by atoms with Crippen molar-refractivity contribution in [3.8, 4) is 0 Å². The van der Waals surface area contributed by atoms with E-state index in [9.17, 15) is 0 Å². The van der Waals surface area contributed by atoms with E-state index in [2.05, 4.69) is 46.3 Å². The van der Waals surface area contributed by atoms with Gasteiger partial charge in [-0.2, -0.15) is 0 Å². The van der Waals surface area contributed by atoms with Gasteiger partial charge in [0, 0.05) is 31.7 Å². The SMILES string of the molecule is NCc1cccc(C2CCCN(c3ccccn3)C2)c1. The van der Waals surface area contributed by atoms with Gasteiger partial charge in [0.15, 0.2) is 0 Å². The first-order chi connectivity index (χ1) is 9.86. The van der Waals surface area contributed by atoms with Crippen molar-refractivity contribution in [1.29, 1.82) is 0 Å². The molecule has 1 atom stereocenters. The summed E-state index contributed by atoms with van der Waals surface area (Å²) in [6, 6.07) is 14.8. The molecule has 20 heavy (non-hydrogen) atoms. The summed E-state index contributed by atoms with van der Waals surface area (Å²) in [6.07, 6.45) is 4.33. The Balaban J connectivity index is 1.78. The molecule has 0 spiro atoms. The standard InChI is InChI=1S/C17H21N3/c18-12-14-5-3-6-15(11-14)16-7-4-10-20(13-16)17-8-1-2-9-19-17/h1-3,5-6,8-9,11,16H,4,7,10,12-13,18H2. The Hall–Kier alpha value is -1.87. The zero-order valence-corrected chi connectivity index (χ0v) is 11.7. The van der Waals surface area contributed by atoms with Crippen LogP contribution in [0.3, 0.4) is 0 Å². The van der Waals surface area contributed by atoms with Crippen LogP contribution in [-0.4, -0.2) is 18.1 Å². The topological polar surface area (TPSA) is 42.1 Å². The quantitative estimate of drug-likeness (QED) is 0.929. The minimum Gasteiger partial charge on any atom is -0.356 e. The predicted molar refractivity (Wildman–Crippen MR) is 82.8 cm³/mol. The van der Waals surface area contributed by atoms with Gasteiger partial charge in [0.25, 0.3) is 0 Å². The maximum Gasteiger partial charge on any atom is 0.128 e. The maximum atomic E-state index is 5.75. The molecule has 3 nitrogen and oxygen atoms in total. The van der Waals surface area contributed by atoms with Crippen LogP contribution >= 0.6 is 0 Å². The van der Waals surface area contributed by atoms with Gasteiger partial charge < -0.3 is 10.6 Å². The van der Waals surface area contributed by atoms with E-state index in [4.69, 9.17) is 5.73 Å². The Bertz CT molecular complexity index is 553. The molecule has 2 N–H and O–H groups in total. The van der Waals surface area contributed by atoms with Gasteiger partial charge >= 0.3 is 0 Å². The molecule has 3 rings (SSSR count). The highest BCUT2D eigenvalue weighted by Crippen LogP contribution is 2.29. The summed E-state index contributed by atoms with van der Waals surface area (Å²) in [6.45, 7) is 2.76. The lowest BCUT2D eigenvalue weighted by atomic mass is 9.89. The summed E-state index contributed by atoms with van der Waals surface area (Å²) in [5.74, 6) is 1.67. The molecule has 2 heterocycles. The molecule has 104 valence electrons. The number of hydrogen-bond acceptors (Lipinski definition) is 3. The molecule has 0 bridgehead atoms. The zero-order valence-electron chi connectivity index (χ0n) is 11.7. The molecule has 0 aliphatic carbocycles. The van der Waals surface area contributed by atoms with E-state index in [1.807, 2.05) is 12.3 Å². The molecule has 2 aromatic rings. The predicted octanol–water partition coefficient (Wildman–Crippen LogP) is 2.92. The van der Waals surface area contributed by atoms with Crippen LogP contribution in [0.2, 0.25) is 0 Å². The largest absolute Gasteiger partial charge is 0.356 e. The first kappa shape index (κ1) is 13.1. The number of pyridine rings is 1. The molecule has 1 aliphatic heterocycles. The summed E-state index contributed by atoms with van der Waals surface area (Å²) >= 11 is 0. The van der Waals surface area contributed by atoms with Crippen molar-refractivity contribution in [3.05, 3.63) is 59.8 Å². The molecule has 1 aromatic carbocycles. The highest BCUT2D eigenvalue weighted by Gasteiger charge is 2.22. The van der Waals surface area contributed by atoms with Crippen LogP contribution in [0.5, 0.6) is 0 Å². The molecule has 1 fully saturated rings. The summed E-state index contributed by atoms with van der Waals surface area (Å²) in [7, 11) is 0. The fourth-order valence-corrected chi connectivity index (χ4v) is 2.97. The molecule has 1 saturated heterocycles. The lowest BCUT2D eigenvalue weighted by Gasteiger charge is -2.34. The van der Waals surface area contributed by atoms with Gasteiger partial charge in [0.1, 0.15) is 5.82 Å². The number of benzene rings is 1. The first-order valence-corrected chi connectivity index (χ1v) is 7.31. The van der Waals surface area contributed by atoms with Crippen LogP contribution in [0.1, 0.15) is 29.9 Å². The number of rotatable bonds is 3. The molecule has 1 unspecified atom stereocenters. The average Bonchev–Trinajstić information content (AvgIpc) is 2.56. The molecular formula is C17H21N3.